The molecule has 0 amide bonds. The molecule has 0 heterocycles. The van der Waals surface area contributed by atoms with Gasteiger partial charge < -0.3 is 9.84 Å². The van der Waals surface area contributed by atoms with Crippen LogP contribution in [0.25, 0.3) is 0 Å². The quantitative estimate of drug-likeness (QED) is 0.505. The third kappa shape index (κ3) is 3.05. The van der Waals surface area contributed by atoms with Gasteiger partial charge in [-0.3, -0.25) is 0 Å². The van der Waals surface area contributed by atoms with Crippen molar-refractivity contribution in [1.29, 1.82) is 0 Å². The highest BCUT2D eigenvalue weighted by atomic mass is 16.5. The predicted molar refractivity (Wildman–Crippen MR) is 44.5 cm³/mol. The minimum absolute atomic E-state index is 0.448. The Morgan fingerprint density at radius 3 is 3.00 bits per heavy atom. The van der Waals surface area contributed by atoms with Crippen LogP contribution in [-0.4, -0.2) is 24.3 Å². The fourth-order valence-corrected chi connectivity index (χ4v) is 1.26. The number of rotatable bonds is 3. The van der Waals surface area contributed by atoms with E-state index in [2.05, 4.69) is 12.2 Å². The van der Waals surface area contributed by atoms with Gasteiger partial charge in [0.25, 0.3) is 0 Å². The molecule has 1 N–H and O–H groups in total. The largest absolute Gasteiger partial charge is 0.464 e. The average Bonchev–Trinajstić information content (AvgIpc) is 2.16. The molecule has 1 rings (SSSR count). The Bertz CT molecular complexity index is 175. The lowest BCUT2D eigenvalue weighted by Crippen LogP contribution is -2.17. The van der Waals surface area contributed by atoms with Crippen molar-refractivity contribution in [2.45, 2.75) is 19.3 Å². The van der Waals surface area contributed by atoms with E-state index in [1.807, 2.05) is 0 Å². The minimum Gasteiger partial charge on any atom is -0.464 e. The first kappa shape index (κ1) is 9.26. The Balaban J connectivity index is 2.14. The molecule has 3 nitrogen and oxygen atoms in total. The third-order valence-corrected chi connectivity index (χ3v) is 1.99. The average molecular weight is 170 g/mol. The lowest BCUT2D eigenvalue weighted by molar-refractivity contribution is -0.148. The normalized spacial score (nSPS) is 22.2. The molecule has 1 atom stereocenters. The molecular weight excluding hydrogens is 156 g/mol. The summed E-state index contributed by atoms with van der Waals surface area (Å²) in [6, 6.07) is 0. The van der Waals surface area contributed by atoms with Gasteiger partial charge in [0.15, 0.2) is 0 Å². The Morgan fingerprint density at radius 2 is 2.42 bits per heavy atom. The van der Waals surface area contributed by atoms with E-state index in [1.165, 1.54) is 0 Å². The van der Waals surface area contributed by atoms with Gasteiger partial charge in [-0.1, -0.05) is 12.2 Å². The summed E-state index contributed by atoms with van der Waals surface area (Å²) < 4.78 is 4.81. The second-order valence-corrected chi connectivity index (χ2v) is 2.99. The predicted octanol–water partition coefficient (Wildman–Crippen LogP) is 0.878. The highest BCUT2D eigenvalue weighted by Crippen LogP contribution is 2.17. The number of carbonyl (C=O) groups is 1. The van der Waals surface area contributed by atoms with Crippen molar-refractivity contribution in [3.05, 3.63) is 12.2 Å². The molecule has 1 aliphatic carbocycles. The molecule has 0 spiro atoms. The van der Waals surface area contributed by atoms with E-state index in [0.29, 0.717) is 12.5 Å². The van der Waals surface area contributed by atoms with Crippen LogP contribution in [0.5, 0.6) is 0 Å². The number of allylic oxidation sites excluding steroid dienone is 2. The molecule has 0 aromatic heterocycles. The maximum absolute atomic E-state index is 10.6. The first-order chi connectivity index (χ1) is 5.83. The Labute approximate surface area is 72.0 Å². The molecule has 1 aliphatic rings. The maximum Gasteiger partial charge on any atom is 0.331 e. The van der Waals surface area contributed by atoms with Crippen molar-refractivity contribution in [3.63, 3.8) is 0 Å². The monoisotopic (exact) mass is 170 g/mol. The van der Waals surface area contributed by atoms with E-state index in [-0.39, 0.29) is 0 Å². The summed E-state index contributed by atoms with van der Waals surface area (Å²) in [5.41, 5.74) is 0. The number of aliphatic hydroxyl groups is 1. The van der Waals surface area contributed by atoms with Crippen molar-refractivity contribution in [2.24, 2.45) is 5.92 Å². The van der Waals surface area contributed by atoms with E-state index in [9.17, 15) is 4.79 Å². The van der Waals surface area contributed by atoms with Gasteiger partial charge in [0.2, 0.25) is 0 Å². The number of hydrogen-bond donors (Lipinski definition) is 1. The number of ether oxygens (including phenoxy) is 1. The van der Waals surface area contributed by atoms with Crippen LogP contribution in [0.1, 0.15) is 19.3 Å². The summed E-state index contributed by atoms with van der Waals surface area (Å²) in [7, 11) is 0. The summed E-state index contributed by atoms with van der Waals surface area (Å²) in [5.74, 6) is -0.0740. The standard InChI is InChI=1S/C9H14O3/c10-6-9(11)12-7-8-4-2-1-3-5-8/h1-2,8,10H,3-7H2. The number of carbonyl (C=O) groups excluding carboxylic acids is 1. The summed E-state index contributed by atoms with van der Waals surface area (Å²) in [6.07, 6.45) is 7.39. The van der Waals surface area contributed by atoms with Gasteiger partial charge in [-0.2, -0.15) is 0 Å². The first-order valence-electron chi connectivity index (χ1n) is 4.24. The molecule has 12 heavy (non-hydrogen) atoms. The van der Waals surface area contributed by atoms with Crippen LogP contribution in [0.3, 0.4) is 0 Å². The molecule has 0 saturated carbocycles. The lowest BCUT2D eigenvalue weighted by Gasteiger charge is -2.16. The fourth-order valence-electron chi connectivity index (χ4n) is 1.26. The van der Waals surface area contributed by atoms with Crippen LogP contribution in [0.15, 0.2) is 12.2 Å². The lowest BCUT2D eigenvalue weighted by atomic mass is 9.95. The highest BCUT2D eigenvalue weighted by molar-refractivity contribution is 5.70. The van der Waals surface area contributed by atoms with Crippen LogP contribution < -0.4 is 0 Å². The zero-order chi connectivity index (χ0) is 8.81. The highest BCUT2D eigenvalue weighted by Gasteiger charge is 2.11. The molecule has 0 fully saturated rings. The second-order valence-electron chi connectivity index (χ2n) is 2.99. The van der Waals surface area contributed by atoms with E-state index in [0.717, 1.165) is 19.3 Å². The molecule has 0 saturated heterocycles. The van der Waals surface area contributed by atoms with Crippen molar-refractivity contribution in [3.8, 4) is 0 Å². The molecule has 0 aromatic carbocycles. The van der Waals surface area contributed by atoms with Gasteiger partial charge in [-0.25, -0.2) is 4.79 Å². The van der Waals surface area contributed by atoms with E-state index < -0.39 is 12.6 Å². The SMILES string of the molecule is O=C(CO)OCC1CC=CCC1. The van der Waals surface area contributed by atoms with Gasteiger partial charge in [0, 0.05) is 0 Å². The van der Waals surface area contributed by atoms with Crippen molar-refractivity contribution in [2.75, 3.05) is 13.2 Å². The molecule has 3 heteroatoms. The molecule has 1 unspecified atom stereocenters. The number of esters is 1. The zero-order valence-corrected chi connectivity index (χ0v) is 7.03. The van der Waals surface area contributed by atoms with Gasteiger partial charge in [-0.15, -0.1) is 0 Å². The molecule has 68 valence electrons. The summed E-state index contributed by atoms with van der Waals surface area (Å²) >= 11 is 0. The maximum atomic E-state index is 10.6. The molecule has 0 radical (unpaired) electrons. The Kier molecular flexibility index (Phi) is 3.80. The van der Waals surface area contributed by atoms with Crippen molar-refractivity contribution >= 4 is 5.97 Å². The smallest absolute Gasteiger partial charge is 0.331 e. The van der Waals surface area contributed by atoms with Crippen LogP contribution in [0, 0.1) is 5.92 Å². The van der Waals surface area contributed by atoms with Crippen LogP contribution in [-0.2, 0) is 9.53 Å². The molecule has 0 aromatic rings. The van der Waals surface area contributed by atoms with Gasteiger partial charge >= 0.3 is 5.97 Å². The Morgan fingerprint density at radius 1 is 1.58 bits per heavy atom. The van der Waals surface area contributed by atoms with E-state index >= 15 is 0 Å². The van der Waals surface area contributed by atoms with Crippen LogP contribution >= 0.6 is 0 Å². The van der Waals surface area contributed by atoms with Crippen molar-refractivity contribution in [1.82, 2.24) is 0 Å². The summed E-state index contributed by atoms with van der Waals surface area (Å²) in [5, 5.41) is 8.38. The molecular formula is C9H14O3. The summed E-state index contributed by atoms with van der Waals surface area (Å²) in [4.78, 5) is 10.6. The van der Waals surface area contributed by atoms with Gasteiger partial charge in [0.05, 0.1) is 6.61 Å². The van der Waals surface area contributed by atoms with Crippen LogP contribution in [0.2, 0.25) is 0 Å². The second kappa shape index (κ2) is 4.93. The fraction of sp³-hybridized carbons (Fsp3) is 0.667. The number of aliphatic hydroxyl groups excluding tert-OH is 1. The van der Waals surface area contributed by atoms with E-state index in [1.54, 1.807) is 0 Å². The first-order valence-corrected chi connectivity index (χ1v) is 4.24. The topological polar surface area (TPSA) is 46.5 Å². The zero-order valence-electron chi connectivity index (χ0n) is 7.03. The number of hydrogen-bond acceptors (Lipinski definition) is 3. The van der Waals surface area contributed by atoms with Gasteiger partial charge in [-0.05, 0) is 25.2 Å². The van der Waals surface area contributed by atoms with Crippen LogP contribution in [0.4, 0.5) is 0 Å². The van der Waals surface area contributed by atoms with Crippen molar-refractivity contribution < 1.29 is 14.6 Å². The van der Waals surface area contributed by atoms with E-state index in [4.69, 9.17) is 9.84 Å². The van der Waals surface area contributed by atoms with Gasteiger partial charge in [0.1, 0.15) is 6.61 Å². The summed E-state index contributed by atoms with van der Waals surface area (Å²) in [6.45, 7) is -0.0632. The molecule has 0 bridgehead atoms. The molecule has 0 aliphatic heterocycles. The Hall–Kier alpha value is -0.830. The minimum atomic E-state index is -0.524. The third-order valence-electron chi connectivity index (χ3n) is 1.99.